The number of imidazole rings is 1. The van der Waals surface area contributed by atoms with Crippen LogP contribution in [0.1, 0.15) is 5.82 Å². The lowest BCUT2D eigenvalue weighted by atomic mass is 10.1. The molecule has 0 fully saturated rings. The SMILES string of the molecule is Cc1nn2cc(-c3ccc([N+](=O)[O-])cc3)nc2n1C. The van der Waals surface area contributed by atoms with Crippen LogP contribution in [0.15, 0.2) is 30.5 Å². The Morgan fingerprint density at radius 2 is 1.95 bits per heavy atom. The van der Waals surface area contributed by atoms with Gasteiger partial charge < -0.3 is 4.57 Å². The maximum Gasteiger partial charge on any atom is 0.269 e. The van der Waals surface area contributed by atoms with Gasteiger partial charge in [0.25, 0.3) is 5.69 Å². The van der Waals surface area contributed by atoms with Gasteiger partial charge in [0.15, 0.2) is 0 Å². The Bertz CT molecular complexity index is 769. The first kappa shape index (κ1) is 11.4. The van der Waals surface area contributed by atoms with Gasteiger partial charge in [0, 0.05) is 24.7 Å². The highest BCUT2D eigenvalue weighted by Gasteiger charge is 2.11. The number of aromatic nitrogens is 4. The van der Waals surface area contributed by atoms with Crippen LogP contribution in [0.25, 0.3) is 17.0 Å². The second-order valence-corrected chi connectivity index (χ2v) is 4.28. The molecule has 0 saturated heterocycles. The van der Waals surface area contributed by atoms with Crippen LogP contribution in [0.4, 0.5) is 5.69 Å². The number of nitrogens with zero attached hydrogens (tertiary/aromatic N) is 5. The van der Waals surface area contributed by atoms with E-state index in [-0.39, 0.29) is 5.69 Å². The highest BCUT2D eigenvalue weighted by atomic mass is 16.6. The molecular weight excluding hydrogens is 246 g/mol. The number of hydrogen-bond donors (Lipinski definition) is 0. The molecule has 0 bridgehead atoms. The van der Waals surface area contributed by atoms with Gasteiger partial charge in [-0.3, -0.25) is 10.1 Å². The van der Waals surface area contributed by atoms with Gasteiger partial charge in [-0.25, -0.2) is 9.50 Å². The molecular formula is C12H11N5O2. The van der Waals surface area contributed by atoms with Crippen LogP contribution in [0.3, 0.4) is 0 Å². The van der Waals surface area contributed by atoms with Crippen molar-refractivity contribution < 1.29 is 4.92 Å². The van der Waals surface area contributed by atoms with Gasteiger partial charge in [-0.1, -0.05) is 0 Å². The third-order valence-corrected chi connectivity index (χ3v) is 3.08. The zero-order valence-corrected chi connectivity index (χ0v) is 10.4. The van der Waals surface area contributed by atoms with E-state index in [1.54, 1.807) is 16.6 Å². The third kappa shape index (κ3) is 1.75. The van der Waals surface area contributed by atoms with E-state index in [0.29, 0.717) is 0 Å². The average molecular weight is 257 g/mol. The molecule has 0 atom stereocenters. The van der Waals surface area contributed by atoms with Gasteiger partial charge in [0.05, 0.1) is 16.8 Å². The molecule has 19 heavy (non-hydrogen) atoms. The monoisotopic (exact) mass is 257 g/mol. The van der Waals surface area contributed by atoms with Gasteiger partial charge in [-0.2, -0.15) is 5.10 Å². The first-order chi connectivity index (χ1) is 9.06. The molecule has 0 amide bonds. The minimum Gasteiger partial charge on any atom is -0.300 e. The second-order valence-electron chi connectivity index (χ2n) is 4.28. The molecule has 0 spiro atoms. The fourth-order valence-electron chi connectivity index (χ4n) is 1.92. The molecule has 0 N–H and O–H groups in total. The third-order valence-electron chi connectivity index (χ3n) is 3.08. The lowest BCUT2D eigenvalue weighted by molar-refractivity contribution is -0.384. The fraction of sp³-hybridized carbons (Fsp3) is 0.167. The van der Waals surface area contributed by atoms with E-state index < -0.39 is 4.92 Å². The van der Waals surface area contributed by atoms with Crippen molar-refractivity contribution in [2.75, 3.05) is 0 Å². The number of aryl methyl sites for hydroxylation is 2. The van der Waals surface area contributed by atoms with Crippen LogP contribution in [-0.4, -0.2) is 24.1 Å². The zero-order valence-electron chi connectivity index (χ0n) is 10.4. The lowest BCUT2D eigenvalue weighted by Crippen LogP contribution is -1.92. The second kappa shape index (κ2) is 3.91. The molecule has 0 unspecified atom stereocenters. The highest BCUT2D eigenvalue weighted by molar-refractivity contribution is 5.62. The Kier molecular flexibility index (Phi) is 2.34. The number of nitro benzene ring substituents is 1. The summed E-state index contributed by atoms with van der Waals surface area (Å²) in [4.78, 5) is 14.7. The Balaban J connectivity index is 2.06. The van der Waals surface area contributed by atoms with E-state index in [1.807, 2.05) is 24.7 Å². The largest absolute Gasteiger partial charge is 0.300 e. The Hall–Kier alpha value is -2.70. The summed E-state index contributed by atoms with van der Waals surface area (Å²) in [5.41, 5.74) is 1.64. The van der Waals surface area contributed by atoms with Gasteiger partial charge >= 0.3 is 0 Å². The molecule has 2 aromatic heterocycles. The van der Waals surface area contributed by atoms with E-state index in [9.17, 15) is 10.1 Å². The molecule has 2 heterocycles. The average Bonchev–Trinajstić information content (AvgIpc) is 2.91. The van der Waals surface area contributed by atoms with Crippen molar-refractivity contribution >= 4 is 11.5 Å². The summed E-state index contributed by atoms with van der Waals surface area (Å²) < 4.78 is 3.58. The Labute approximate surface area is 108 Å². The van der Waals surface area contributed by atoms with Crippen molar-refractivity contribution in [3.8, 4) is 11.3 Å². The summed E-state index contributed by atoms with van der Waals surface area (Å²) in [6.07, 6.45) is 1.81. The van der Waals surface area contributed by atoms with E-state index in [2.05, 4.69) is 10.1 Å². The minimum atomic E-state index is -0.418. The first-order valence-corrected chi connectivity index (χ1v) is 5.70. The van der Waals surface area contributed by atoms with Crippen LogP contribution >= 0.6 is 0 Å². The van der Waals surface area contributed by atoms with E-state index in [1.165, 1.54) is 12.1 Å². The normalized spacial score (nSPS) is 11.1. The van der Waals surface area contributed by atoms with Gasteiger partial charge in [-0.15, -0.1) is 0 Å². The van der Waals surface area contributed by atoms with Crippen LogP contribution in [-0.2, 0) is 7.05 Å². The summed E-state index contributed by atoms with van der Waals surface area (Å²) in [7, 11) is 1.89. The molecule has 0 saturated carbocycles. The summed E-state index contributed by atoms with van der Waals surface area (Å²) in [5.74, 6) is 1.61. The van der Waals surface area contributed by atoms with Crippen LogP contribution < -0.4 is 0 Å². The fourth-order valence-corrected chi connectivity index (χ4v) is 1.92. The predicted molar refractivity (Wildman–Crippen MR) is 68.8 cm³/mol. The standard InChI is InChI=1S/C12H11N5O2/c1-8-14-16-7-11(13-12(16)15(8)2)9-3-5-10(6-4-9)17(18)19/h3-7H,1-2H3. The quantitative estimate of drug-likeness (QED) is 0.519. The summed E-state index contributed by atoms with van der Waals surface area (Å²) in [5, 5.41) is 14.9. The molecule has 3 rings (SSSR count). The maximum atomic E-state index is 10.6. The summed E-state index contributed by atoms with van der Waals surface area (Å²) in [6.45, 7) is 1.90. The van der Waals surface area contributed by atoms with Gasteiger partial charge in [0.1, 0.15) is 5.82 Å². The van der Waals surface area contributed by atoms with Crippen molar-refractivity contribution in [1.29, 1.82) is 0 Å². The summed E-state index contributed by atoms with van der Waals surface area (Å²) in [6, 6.07) is 6.32. The Morgan fingerprint density at radius 1 is 1.26 bits per heavy atom. The van der Waals surface area contributed by atoms with Crippen molar-refractivity contribution in [1.82, 2.24) is 19.2 Å². The first-order valence-electron chi connectivity index (χ1n) is 5.70. The molecule has 0 aliphatic heterocycles. The molecule has 7 nitrogen and oxygen atoms in total. The number of hydrogen-bond acceptors (Lipinski definition) is 4. The van der Waals surface area contributed by atoms with E-state index >= 15 is 0 Å². The van der Waals surface area contributed by atoms with E-state index in [0.717, 1.165) is 22.9 Å². The minimum absolute atomic E-state index is 0.0708. The van der Waals surface area contributed by atoms with Crippen LogP contribution in [0.2, 0.25) is 0 Å². The molecule has 0 radical (unpaired) electrons. The lowest BCUT2D eigenvalue weighted by Gasteiger charge is -1.96. The topological polar surface area (TPSA) is 78.3 Å². The highest BCUT2D eigenvalue weighted by Crippen LogP contribution is 2.22. The zero-order chi connectivity index (χ0) is 13.6. The number of non-ortho nitro benzene ring substituents is 1. The number of benzene rings is 1. The maximum absolute atomic E-state index is 10.6. The predicted octanol–water partition coefficient (Wildman–Crippen LogP) is 1.95. The van der Waals surface area contributed by atoms with Crippen LogP contribution in [0.5, 0.6) is 0 Å². The van der Waals surface area contributed by atoms with E-state index in [4.69, 9.17) is 0 Å². The molecule has 7 heteroatoms. The number of fused-ring (bicyclic) bond motifs is 1. The van der Waals surface area contributed by atoms with Crippen LogP contribution in [0, 0.1) is 17.0 Å². The summed E-state index contributed by atoms with van der Waals surface area (Å²) >= 11 is 0. The number of nitro groups is 1. The molecule has 3 aromatic rings. The molecule has 1 aromatic carbocycles. The smallest absolute Gasteiger partial charge is 0.269 e. The van der Waals surface area contributed by atoms with Crippen molar-refractivity contribution in [3.63, 3.8) is 0 Å². The molecule has 0 aliphatic carbocycles. The molecule has 96 valence electrons. The van der Waals surface area contributed by atoms with Gasteiger partial charge in [0.2, 0.25) is 5.78 Å². The van der Waals surface area contributed by atoms with Crippen molar-refractivity contribution in [2.45, 2.75) is 6.92 Å². The van der Waals surface area contributed by atoms with Crippen molar-refractivity contribution in [2.24, 2.45) is 7.05 Å². The van der Waals surface area contributed by atoms with Crippen molar-refractivity contribution in [3.05, 3.63) is 46.4 Å². The van der Waals surface area contributed by atoms with Gasteiger partial charge in [-0.05, 0) is 19.1 Å². The Morgan fingerprint density at radius 3 is 2.53 bits per heavy atom. The number of rotatable bonds is 2. The molecule has 0 aliphatic rings.